The van der Waals surface area contributed by atoms with E-state index in [1.165, 1.54) is 19.3 Å². The highest BCUT2D eigenvalue weighted by Crippen LogP contribution is 2.41. The standard InChI is InChI=1S/C17H29N3O2/c1-11(21)20-7-5-15(6-8-20)19-17(22)14-9-12-3-2-4-13(10-14)16(12)18/h12-16H,2-10,18H2,1H3,(H,19,22). The van der Waals surface area contributed by atoms with Gasteiger partial charge in [-0.25, -0.2) is 0 Å². The van der Waals surface area contributed by atoms with E-state index in [9.17, 15) is 9.59 Å². The third-order valence-electron chi connectivity index (χ3n) is 6.07. The Balaban J connectivity index is 1.50. The molecule has 22 heavy (non-hydrogen) atoms. The summed E-state index contributed by atoms with van der Waals surface area (Å²) in [6, 6.07) is 0.551. The average Bonchev–Trinajstić information content (AvgIpc) is 2.47. The maximum Gasteiger partial charge on any atom is 0.223 e. The van der Waals surface area contributed by atoms with Crippen molar-refractivity contribution in [1.29, 1.82) is 0 Å². The highest BCUT2D eigenvalue weighted by Gasteiger charge is 2.40. The lowest BCUT2D eigenvalue weighted by atomic mass is 9.65. The van der Waals surface area contributed by atoms with Crippen molar-refractivity contribution < 1.29 is 9.59 Å². The summed E-state index contributed by atoms with van der Waals surface area (Å²) in [7, 11) is 0. The predicted molar refractivity (Wildman–Crippen MR) is 84.9 cm³/mol. The highest BCUT2D eigenvalue weighted by molar-refractivity contribution is 5.79. The van der Waals surface area contributed by atoms with Crippen LogP contribution in [0.25, 0.3) is 0 Å². The molecule has 2 unspecified atom stereocenters. The van der Waals surface area contributed by atoms with Gasteiger partial charge in [0.05, 0.1) is 0 Å². The molecule has 0 spiro atoms. The molecule has 3 aliphatic rings. The minimum absolute atomic E-state index is 0.138. The lowest BCUT2D eigenvalue weighted by Crippen LogP contribution is -2.51. The summed E-state index contributed by atoms with van der Waals surface area (Å²) >= 11 is 0. The number of likely N-dealkylation sites (tertiary alicyclic amines) is 1. The lowest BCUT2D eigenvalue weighted by molar-refractivity contribution is -0.130. The minimum atomic E-state index is 0.138. The van der Waals surface area contributed by atoms with Crippen LogP contribution in [-0.4, -0.2) is 41.9 Å². The Morgan fingerprint density at radius 2 is 1.64 bits per heavy atom. The number of nitrogens with two attached hydrogens (primary N) is 1. The van der Waals surface area contributed by atoms with Gasteiger partial charge in [-0.2, -0.15) is 0 Å². The Bertz CT molecular complexity index is 418. The molecule has 1 heterocycles. The second kappa shape index (κ2) is 6.57. The van der Waals surface area contributed by atoms with Crippen LogP contribution < -0.4 is 11.1 Å². The van der Waals surface area contributed by atoms with Crippen molar-refractivity contribution in [3.8, 4) is 0 Å². The molecule has 5 heteroatoms. The molecule has 3 rings (SSSR count). The molecule has 2 saturated carbocycles. The normalized spacial score (nSPS) is 36.0. The van der Waals surface area contributed by atoms with Crippen molar-refractivity contribution in [3.05, 3.63) is 0 Å². The number of amides is 2. The molecule has 124 valence electrons. The molecule has 2 amide bonds. The molecule has 2 bridgehead atoms. The first-order valence-corrected chi connectivity index (χ1v) is 8.86. The number of carbonyl (C=O) groups is 2. The molecular formula is C17H29N3O2. The molecule has 2 atom stereocenters. The van der Waals surface area contributed by atoms with E-state index in [2.05, 4.69) is 5.32 Å². The molecule has 3 N–H and O–H groups in total. The van der Waals surface area contributed by atoms with E-state index in [1.54, 1.807) is 6.92 Å². The van der Waals surface area contributed by atoms with Crippen LogP contribution >= 0.6 is 0 Å². The number of carbonyl (C=O) groups excluding carboxylic acids is 2. The van der Waals surface area contributed by atoms with Crippen molar-refractivity contribution >= 4 is 11.8 Å². The fourth-order valence-corrected chi connectivity index (χ4v) is 4.66. The van der Waals surface area contributed by atoms with Crippen LogP contribution in [0.1, 0.15) is 51.9 Å². The summed E-state index contributed by atoms with van der Waals surface area (Å²) in [6.45, 7) is 3.14. The summed E-state index contributed by atoms with van der Waals surface area (Å²) in [6.07, 6.45) is 7.36. The van der Waals surface area contributed by atoms with E-state index in [-0.39, 0.29) is 23.8 Å². The predicted octanol–water partition coefficient (Wildman–Crippen LogP) is 1.27. The summed E-state index contributed by atoms with van der Waals surface area (Å²) in [5.74, 6) is 1.61. The van der Waals surface area contributed by atoms with Gasteiger partial charge in [0, 0.05) is 38.0 Å². The molecule has 2 aliphatic carbocycles. The fourth-order valence-electron chi connectivity index (χ4n) is 4.66. The second-order valence-electron chi connectivity index (χ2n) is 7.49. The summed E-state index contributed by atoms with van der Waals surface area (Å²) in [5.41, 5.74) is 6.31. The van der Waals surface area contributed by atoms with Gasteiger partial charge >= 0.3 is 0 Å². The Kier molecular flexibility index (Phi) is 4.71. The molecule has 0 aromatic carbocycles. The molecule has 5 nitrogen and oxygen atoms in total. The topological polar surface area (TPSA) is 75.4 Å². The van der Waals surface area contributed by atoms with Gasteiger partial charge in [-0.1, -0.05) is 6.42 Å². The van der Waals surface area contributed by atoms with Crippen LogP contribution in [0.2, 0.25) is 0 Å². The largest absolute Gasteiger partial charge is 0.353 e. The van der Waals surface area contributed by atoms with Crippen LogP contribution in [0.3, 0.4) is 0 Å². The number of nitrogens with zero attached hydrogens (tertiary/aromatic N) is 1. The lowest BCUT2D eigenvalue weighted by Gasteiger charge is -2.44. The Labute approximate surface area is 133 Å². The zero-order chi connectivity index (χ0) is 15.7. The highest BCUT2D eigenvalue weighted by atomic mass is 16.2. The molecule has 0 radical (unpaired) electrons. The number of hydrogen-bond donors (Lipinski definition) is 2. The van der Waals surface area contributed by atoms with E-state index in [4.69, 9.17) is 5.73 Å². The van der Waals surface area contributed by atoms with E-state index in [0.717, 1.165) is 38.8 Å². The van der Waals surface area contributed by atoms with Gasteiger partial charge in [0.25, 0.3) is 0 Å². The van der Waals surface area contributed by atoms with Crippen molar-refractivity contribution in [1.82, 2.24) is 10.2 Å². The van der Waals surface area contributed by atoms with Gasteiger partial charge in [-0.15, -0.1) is 0 Å². The number of rotatable bonds is 2. The Hall–Kier alpha value is -1.10. The number of piperidine rings is 1. The smallest absolute Gasteiger partial charge is 0.223 e. The average molecular weight is 307 g/mol. The van der Waals surface area contributed by atoms with Crippen LogP contribution in [0.4, 0.5) is 0 Å². The van der Waals surface area contributed by atoms with Gasteiger partial charge in [-0.3, -0.25) is 9.59 Å². The maximum atomic E-state index is 12.6. The van der Waals surface area contributed by atoms with E-state index < -0.39 is 0 Å². The Morgan fingerprint density at radius 1 is 1.05 bits per heavy atom. The van der Waals surface area contributed by atoms with Crippen molar-refractivity contribution in [2.45, 2.75) is 64.0 Å². The number of hydrogen-bond acceptors (Lipinski definition) is 3. The van der Waals surface area contributed by atoms with Gasteiger partial charge in [0.2, 0.25) is 11.8 Å². The number of nitrogens with one attached hydrogen (secondary N) is 1. The quantitative estimate of drug-likeness (QED) is 0.806. The van der Waals surface area contributed by atoms with Crippen molar-refractivity contribution in [3.63, 3.8) is 0 Å². The number of fused-ring (bicyclic) bond motifs is 2. The zero-order valence-corrected chi connectivity index (χ0v) is 13.6. The van der Waals surface area contributed by atoms with Gasteiger partial charge in [0.1, 0.15) is 0 Å². The monoisotopic (exact) mass is 307 g/mol. The first-order chi connectivity index (χ1) is 10.5. The first kappa shape index (κ1) is 15.8. The molecule has 0 aromatic rings. The summed E-state index contributed by atoms with van der Waals surface area (Å²) in [4.78, 5) is 25.8. The molecule has 0 aromatic heterocycles. The Morgan fingerprint density at radius 3 is 2.18 bits per heavy atom. The summed E-state index contributed by atoms with van der Waals surface area (Å²) < 4.78 is 0. The molecule has 1 saturated heterocycles. The molecule has 3 fully saturated rings. The van der Waals surface area contributed by atoms with E-state index >= 15 is 0 Å². The summed E-state index contributed by atoms with van der Waals surface area (Å²) in [5, 5.41) is 3.23. The second-order valence-corrected chi connectivity index (χ2v) is 7.49. The van der Waals surface area contributed by atoms with Crippen molar-refractivity contribution in [2.24, 2.45) is 23.5 Å². The first-order valence-electron chi connectivity index (χ1n) is 8.86. The molecule has 1 aliphatic heterocycles. The van der Waals surface area contributed by atoms with Gasteiger partial charge in [-0.05, 0) is 50.4 Å². The fraction of sp³-hybridized carbons (Fsp3) is 0.882. The minimum Gasteiger partial charge on any atom is -0.353 e. The van der Waals surface area contributed by atoms with Crippen LogP contribution in [0, 0.1) is 17.8 Å². The van der Waals surface area contributed by atoms with E-state index in [1.807, 2.05) is 4.90 Å². The zero-order valence-electron chi connectivity index (χ0n) is 13.6. The van der Waals surface area contributed by atoms with E-state index in [0.29, 0.717) is 17.9 Å². The van der Waals surface area contributed by atoms with Gasteiger partial charge < -0.3 is 16.0 Å². The SMILES string of the molecule is CC(=O)N1CCC(NC(=O)C2CC3CCCC(C2)C3N)CC1. The third kappa shape index (κ3) is 3.29. The van der Waals surface area contributed by atoms with Crippen LogP contribution in [-0.2, 0) is 9.59 Å². The van der Waals surface area contributed by atoms with Crippen molar-refractivity contribution in [2.75, 3.05) is 13.1 Å². The van der Waals surface area contributed by atoms with Gasteiger partial charge in [0.15, 0.2) is 0 Å². The van der Waals surface area contributed by atoms with Crippen LogP contribution in [0.5, 0.6) is 0 Å². The van der Waals surface area contributed by atoms with Crippen LogP contribution in [0.15, 0.2) is 0 Å². The third-order valence-corrected chi connectivity index (χ3v) is 6.07. The molecular weight excluding hydrogens is 278 g/mol. The maximum absolute atomic E-state index is 12.6.